The van der Waals surface area contributed by atoms with Crippen LogP contribution in [0.1, 0.15) is 13.8 Å². The van der Waals surface area contributed by atoms with Gasteiger partial charge in [0.1, 0.15) is 4.75 Å². The van der Waals surface area contributed by atoms with Gasteiger partial charge in [0.25, 0.3) is 0 Å². The maximum absolute atomic E-state index is 5.41. The molecule has 0 N–H and O–H groups in total. The molecule has 2 heteroatoms. The molecule has 7 heavy (non-hydrogen) atoms. The molecular weight excluding hydrogens is 128 g/mol. The minimum atomic E-state index is 0.0851. The van der Waals surface area contributed by atoms with E-state index in [0.717, 1.165) is 0 Å². The van der Waals surface area contributed by atoms with E-state index in [4.69, 9.17) is 11.6 Å². The van der Waals surface area contributed by atoms with Crippen molar-refractivity contribution in [3.05, 3.63) is 6.92 Å². The lowest BCUT2D eigenvalue weighted by atomic mass is 10.3. The molecular formula is C5H10ClS+. The van der Waals surface area contributed by atoms with Crippen LogP contribution in [0.25, 0.3) is 0 Å². The lowest BCUT2D eigenvalue weighted by Gasteiger charge is -2.05. The normalized spacial score (nSPS) is 11.9. The zero-order chi connectivity index (χ0) is 5.91. The SMILES string of the molecule is [CH2+]C(C)(C)SCCl. The van der Waals surface area contributed by atoms with Crippen LogP contribution in [0.15, 0.2) is 0 Å². The van der Waals surface area contributed by atoms with Crippen LogP contribution in [0.5, 0.6) is 0 Å². The molecule has 0 spiro atoms. The average molecular weight is 138 g/mol. The summed E-state index contributed by atoms with van der Waals surface area (Å²) in [6, 6.07) is 0. The second-order valence-electron chi connectivity index (χ2n) is 2.01. The summed E-state index contributed by atoms with van der Waals surface area (Å²) in [6.07, 6.45) is 0. The smallest absolute Gasteiger partial charge is 0.115 e. The molecule has 0 amide bonds. The van der Waals surface area contributed by atoms with E-state index < -0.39 is 0 Å². The third kappa shape index (κ3) is 6.51. The van der Waals surface area contributed by atoms with E-state index in [0.29, 0.717) is 5.21 Å². The number of hydrogen-bond donors (Lipinski definition) is 0. The summed E-state index contributed by atoms with van der Waals surface area (Å²) in [7, 11) is 0. The van der Waals surface area contributed by atoms with Crippen LogP contribution in [0.3, 0.4) is 0 Å². The van der Waals surface area contributed by atoms with Crippen molar-refractivity contribution in [3.8, 4) is 0 Å². The Morgan fingerprint density at radius 1 is 1.71 bits per heavy atom. The molecule has 0 radical (unpaired) electrons. The summed E-state index contributed by atoms with van der Waals surface area (Å²) in [4.78, 5) is 0. The van der Waals surface area contributed by atoms with Crippen LogP contribution in [0.2, 0.25) is 0 Å². The molecule has 0 aromatic heterocycles. The quantitative estimate of drug-likeness (QED) is 0.417. The van der Waals surface area contributed by atoms with Crippen LogP contribution in [-0.4, -0.2) is 9.96 Å². The van der Waals surface area contributed by atoms with Gasteiger partial charge in [0.2, 0.25) is 0 Å². The summed E-state index contributed by atoms with van der Waals surface area (Å²) >= 11 is 7.05. The maximum Gasteiger partial charge on any atom is 0.146 e. The molecule has 0 atom stereocenters. The van der Waals surface area contributed by atoms with Crippen molar-refractivity contribution < 1.29 is 0 Å². The van der Waals surface area contributed by atoms with E-state index >= 15 is 0 Å². The number of halogens is 1. The standard InChI is InChI=1S/C5H10ClS/c1-5(2,3)7-4-6/h1,4H2,2-3H3/q+1. The monoisotopic (exact) mass is 137 g/mol. The van der Waals surface area contributed by atoms with E-state index in [1.807, 2.05) is 13.8 Å². The van der Waals surface area contributed by atoms with E-state index in [-0.39, 0.29) is 4.75 Å². The Balaban J connectivity index is 3.15. The molecule has 0 aliphatic heterocycles. The van der Waals surface area contributed by atoms with E-state index in [2.05, 4.69) is 6.92 Å². The second kappa shape index (κ2) is 2.73. The highest BCUT2D eigenvalue weighted by molar-refractivity contribution is 8.01. The molecule has 0 saturated heterocycles. The van der Waals surface area contributed by atoms with E-state index in [1.54, 1.807) is 11.8 Å². The fourth-order valence-electron chi connectivity index (χ4n) is 0.148. The summed E-state index contributed by atoms with van der Waals surface area (Å²) in [6.45, 7) is 7.92. The third-order valence-electron chi connectivity index (χ3n) is 0.445. The summed E-state index contributed by atoms with van der Waals surface area (Å²) in [5.41, 5.74) is 0. The Kier molecular flexibility index (Phi) is 2.93. The first-order valence-electron chi connectivity index (χ1n) is 2.11. The Morgan fingerprint density at radius 3 is 2.14 bits per heavy atom. The average Bonchev–Trinajstić information content (AvgIpc) is 1.30. The van der Waals surface area contributed by atoms with Gasteiger partial charge in [0, 0.05) is 0 Å². The first kappa shape index (κ1) is 7.51. The van der Waals surface area contributed by atoms with Crippen molar-refractivity contribution in [1.29, 1.82) is 0 Å². The molecule has 0 fully saturated rings. The molecule has 0 saturated carbocycles. The molecule has 0 rings (SSSR count). The third-order valence-corrected chi connectivity index (χ3v) is 1.66. The minimum absolute atomic E-state index is 0.0851. The Hall–Kier alpha value is 0.510. The lowest BCUT2D eigenvalue weighted by molar-refractivity contribution is 0.897. The minimum Gasteiger partial charge on any atom is -0.115 e. The van der Waals surface area contributed by atoms with Crippen molar-refractivity contribution in [3.63, 3.8) is 0 Å². The number of thioether (sulfide) groups is 1. The first-order chi connectivity index (χ1) is 3.06. The van der Waals surface area contributed by atoms with Gasteiger partial charge < -0.3 is 0 Å². The Morgan fingerprint density at radius 2 is 2.14 bits per heavy atom. The molecule has 0 nitrogen and oxygen atoms in total. The fourth-order valence-corrected chi connectivity index (χ4v) is 1.33. The van der Waals surface area contributed by atoms with Crippen molar-refractivity contribution in [2.75, 3.05) is 5.21 Å². The van der Waals surface area contributed by atoms with Gasteiger partial charge in [0.05, 0.1) is 12.1 Å². The van der Waals surface area contributed by atoms with Gasteiger partial charge in [-0.2, -0.15) is 0 Å². The molecule has 0 aliphatic rings. The van der Waals surface area contributed by atoms with E-state index in [1.165, 1.54) is 0 Å². The van der Waals surface area contributed by atoms with Crippen LogP contribution in [0.4, 0.5) is 0 Å². The number of rotatable bonds is 2. The van der Waals surface area contributed by atoms with Gasteiger partial charge in [0.15, 0.2) is 0 Å². The van der Waals surface area contributed by atoms with E-state index in [9.17, 15) is 0 Å². The van der Waals surface area contributed by atoms with Crippen LogP contribution >= 0.6 is 23.4 Å². The highest BCUT2D eigenvalue weighted by Crippen LogP contribution is 2.22. The van der Waals surface area contributed by atoms with Crippen molar-refractivity contribution in [2.45, 2.75) is 18.6 Å². The van der Waals surface area contributed by atoms with Crippen LogP contribution in [-0.2, 0) is 0 Å². The van der Waals surface area contributed by atoms with Gasteiger partial charge in [-0.3, -0.25) is 0 Å². The molecule has 0 aliphatic carbocycles. The molecule has 42 valence electrons. The van der Waals surface area contributed by atoms with Gasteiger partial charge in [-0.05, 0) is 13.8 Å². The number of hydrogen-bond acceptors (Lipinski definition) is 1. The summed E-state index contributed by atoms with van der Waals surface area (Å²) in [5, 5.41) is 0.635. The molecule has 0 aromatic rings. The largest absolute Gasteiger partial charge is 0.146 e. The Labute approximate surface area is 54.6 Å². The van der Waals surface area contributed by atoms with Crippen molar-refractivity contribution in [1.82, 2.24) is 0 Å². The van der Waals surface area contributed by atoms with Gasteiger partial charge in [-0.15, -0.1) is 11.6 Å². The topological polar surface area (TPSA) is 0 Å². The predicted molar refractivity (Wildman–Crippen MR) is 37.7 cm³/mol. The summed E-state index contributed by atoms with van der Waals surface area (Å²) in [5.74, 6) is 0. The first-order valence-corrected chi connectivity index (χ1v) is 3.63. The number of alkyl halides is 1. The van der Waals surface area contributed by atoms with Crippen molar-refractivity contribution >= 4 is 23.4 Å². The molecule has 0 heterocycles. The summed E-state index contributed by atoms with van der Waals surface area (Å²) < 4.78 is 0.0851. The fraction of sp³-hybridized carbons (Fsp3) is 0.800. The van der Waals surface area contributed by atoms with Gasteiger partial charge >= 0.3 is 0 Å². The highest BCUT2D eigenvalue weighted by atomic mass is 35.5. The molecule has 0 aromatic carbocycles. The maximum atomic E-state index is 5.41. The molecule has 0 bridgehead atoms. The predicted octanol–water partition coefficient (Wildman–Crippen LogP) is 2.53. The zero-order valence-electron chi connectivity index (χ0n) is 4.70. The highest BCUT2D eigenvalue weighted by Gasteiger charge is 2.16. The zero-order valence-corrected chi connectivity index (χ0v) is 6.27. The van der Waals surface area contributed by atoms with Gasteiger partial charge in [-0.1, -0.05) is 11.8 Å². The van der Waals surface area contributed by atoms with Gasteiger partial charge in [-0.25, -0.2) is 0 Å². The van der Waals surface area contributed by atoms with Crippen LogP contribution in [0, 0.1) is 6.92 Å². The van der Waals surface area contributed by atoms with Crippen LogP contribution < -0.4 is 0 Å². The van der Waals surface area contributed by atoms with Crippen molar-refractivity contribution in [2.24, 2.45) is 0 Å². The second-order valence-corrected chi connectivity index (χ2v) is 4.28. The Bertz CT molecular complexity index is 46.5. The molecule has 0 unspecified atom stereocenters. The lowest BCUT2D eigenvalue weighted by Crippen LogP contribution is -2.06.